The zero-order valence-electron chi connectivity index (χ0n) is 9.73. The molecule has 1 rings (SSSR count). The van der Waals surface area contributed by atoms with Crippen molar-refractivity contribution in [3.63, 3.8) is 0 Å². The summed E-state index contributed by atoms with van der Waals surface area (Å²) in [4.78, 5) is 10.8. The summed E-state index contributed by atoms with van der Waals surface area (Å²) in [6, 6.07) is 3.11. The van der Waals surface area contributed by atoms with Crippen LogP contribution in [0, 0.1) is 5.82 Å². The molecule has 0 aliphatic heterocycles. The van der Waals surface area contributed by atoms with Crippen LogP contribution < -0.4 is 15.8 Å². The Bertz CT molecular complexity index is 545. The normalized spacial score (nSPS) is 11.2. The highest BCUT2D eigenvalue weighted by atomic mass is 32.2. The van der Waals surface area contributed by atoms with Gasteiger partial charge in [-0.15, -0.1) is 0 Å². The van der Waals surface area contributed by atoms with Gasteiger partial charge < -0.3 is 11.1 Å². The van der Waals surface area contributed by atoms with E-state index in [4.69, 9.17) is 5.73 Å². The molecule has 0 heterocycles. The Hall–Kier alpha value is -1.67. The summed E-state index contributed by atoms with van der Waals surface area (Å²) in [5, 5.41) is 2.36. The van der Waals surface area contributed by atoms with Crippen LogP contribution in [0.1, 0.15) is 6.42 Å². The maximum absolute atomic E-state index is 12.9. The van der Waals surface area contributed by atoms with E-state index in [9.17, 15) is 17.6 Å². The van der Waals surface area contributed by atoms with E-state index in [1.807, 2.05) is 0 Å². The molecule has 0 saturated heterocycles. The van der Waals surface area contributed by atoms with E-state index in [0.717, 1.165) is 18.2 Å². The van der Waals surface area contributed by atoms with Crippen molar-refractivity contribution in [1.82, 2.24) is 10.0 Å². The molecule has 18 heavy (non-hydrogen) atoms. The SMILES string of the molecule is CNC(=O)CCNS(=O)(=O)c1ccc(F)c(N)c1. The molecule has 4 N–H and O–H groups in total. The number of hydrogen-bond acceptors (Lipinski definition) is 4. The van der Waals surface area contributed by atoms with Crippen molar-refractivity contribution in [3.05, 3.63) is 24.0 Å². The van der Waals surface area contributed by atoms with E-state index in [0.29, 0.717) is 0 Å². The molecular weight excluding hydrogens is 261 g/mol. The second-order valence-electron chi connectivity index (χ2n) is 3.50. The van der Waals surface area contributed by atoms with Crippen LogP contribution in [-0.4, -0.2) is 27.9 Å². The molecule has 1 aromatic rings. The Morgan fingerprint density at radius 3 is 2.67 bits per heavy atom. The number of sulfonamides is 1. The number of nitrogens with one attached hydrogen (secondary N) is 2. The molecule has 100 valence electrons. The van der Waals surface area contributed by atoms with E-state index in [1.54, 1.807) is 0 Å². The van der Waals surface area contributed by atoms with Crippen molar-refractivity contribution >= 4 is 21.6 Å². The molecule has 8 heteroatoms. The van der Waals surface area contributed by atoms with Crippen LogP contribution in [0.5, 0.6) is 0 Å². The molecule has 0 aliphatic carbocycles. The van der Waals surface area contributed by atoms with Crippen LogP contribution in [0.15, 0.2) is 23.1 Å². The van der Waals surface area contributed by atoms with E-state index < -0.39 is 15.8 Å². The molecule has 0 saturated carbocycles. The molecule has 0 fully saturated rings. The Labute approximate surface area is 104 Å². The van der Waals surface area contributed by atoms with Gasteiger partial charge in [0, 0.05) is 20.0 Å². The first-order valence-corrected chi connectivity index (χ1v) is 6.60. The van der Waals surface area contributed by atoms with E-state index in [1.165, 1.54) is 7.05 Å². The van der Waals surface area contributed by atoms with Gasteiger partial charge in [0.1, 0.15) is 5.82 Å². The molecule has 0 atom stereocenters. The number of anilines is 1. The molecule has 0 spiro atoms. The highest BCUT2D eigenvalue weighted by molar-refractivity contribution is 7.89. The number of halogens is 1. The first-order valence-electron chi connectivity index (χ1n) is 5.12. The highest BCUT2D eigenvalue weighted by Crippen LogP contribution is 2.16. The number of nitrogen functional groups attached to an aromatic ring is 1. The smallest absolute Gasteiger partial charge is 0.240 e. The summed E-state index contributed by atoms with van der Waals surface area (Å²) >= 11 is 0. The molecular formula is C10H14FN3O3S. The number of carbonyl (C=O) groups is 1. The summed E-state index contributed by atoms with van der Waals surface area (Å²) in [6.07, 6.45) is 0.0202. The van der Waals surface area contributed by atoms with Crippen molar-refractivity contribution in [2.24, 2.45) is 0 Å². The Morgan fingerprint density at radius 2 is 2.11 bits per heavy atom. The third kappa shape index (κ3) is 3.67. The number of nitrogens with two attached hydrogens (primary N) is 1. The van der Waals surface area contributed by atoms with Gasteiger partial charge in [-0.1, -0.05) is 0 Å². The minimum absolute atomic E-state index is 0.0202. The minimum Gasteiger partial charge on any atom is -0.396 e. The lowest BCUT2D eigenvalue weighted by atomic mass is 10.3. The molecule has 6 nitrogen and oxygen atoms in total. The number of carbonyl (C=O) groups excluding carboxylic acids is 1. The molecule has 0 radical (unpaired) electrons. The summed E-state index contributed by atoms with van der Waals surface area (Å²) in [5.41, 5.74) is 5.04. The third-order valence-corrected chi connectivity index (χ3v) is 3.66. The van der Waals surface area contributed by atoms with Crippen molar-refractivity contribution in [2.75, 3.05) is 19.3 Å². The van der Waals surface area contributed by atoms with E-state index >= 15 is 0 Å². The van der Waals surface area contributed by atoms with E-state index in [-0.39, 0.29) is 29.5 Å². The minimum atomic E-state index is -3.78. The predicted octanol–water partition coefficient (Wildman–Crippen LogP) is -0.178. The van der Waals surface area contributed by atoms with Crippen molar-refractivity contribution in [1.29, 1.82) is 0 Å². The molecule has 0 unspecified atom stereocenters. The molecule has 0 aromatic heterocycles. The average molecular weight is 275 g/mol. The standard InChI is InChI=1S/C10H14FN3O3S/c1-13-10(15)4-5-14-18(16,17)7-2-3-8(11)9(12)6-7/h2-3,6,14H,4-5,12H2,1H3,(H,13,15). The predicted molar refractivity (Wildman–Crippen MR) is 64.7 cm³/mol. The molecule has 0 aliphatic rings. The number of benzene rings is 1. The second kappa shape index (κ2) is 5.78. The maximum atomic E-state index is 12.9. The fraction of sp³-hybridized carbons (Fsp3) is 0.300. The van der Waals surface area contributed by atoms with Gasteiger partial charge in [-0.2, -0.15) is 0 Å². The van der Waals surface area contributed by atoms with Crippen LogP contribution in [0.3, 0.4) is 0 Å². The van der Waals surface area contributed by atoms with Crippen LogP contribution in [-0.2, 0) is 14.8 Å². The number of hydrogen-bond donors (Lipinski definition) is 3. The van der Waals surface area contributed by atoms with Gasteiger partial charge in [-0.3, -0.25) is 4.79 Å². The monoisotopic (exact) mass is 275 g/mol. The van der Waals surface area contributed by atoms with Gasteiger partial charge in [-0.05, 0) is 18.2 Å². The van der Waals surface area contributed by atoms with Gasteiger partial charge in [0.15, 0.2) is 0 Å². The largest absolute Gasteiger partial charge is 0.396 e. The van der Waals surface area contributed by atoms with Crippen molar-refractivity contribution < 1.29 is 17.6 Å². The summed E-state index contributed by atoms with van der Waals surface area (Å²) in [6.45, 7) is -0.0424. The topological polar surface area (TPSA) is 101 Å². The first kappa shape index (κ1) is 14.4. The molecule has 0 bridgehead atoms. The summed E-state index contributed by atoms with van der Waals surface area (Å²) in [5.74, 6) is -0.962. The van der Waals surface area contributed by atoms with Gasteiger partial charge in [0.2, 0.25) is 15.9 Å². The summed E-state index contributed by atoms with van der Waals surface area (Å²) < 4.78 is 38.6. The first-order chi connectivity index (χ1) is 8.36. The lowest BCUT2D eigenvalue weighted by Crippen LogP contribution is -2.29. The fourth-order valence-electron chi connectivity index (χ4n) is 1.20. The Balaban J connectivity index is 2.74. The van der Waals surface area contributed by atoms with Crippen LogP contribution in [0.2, 0.25) is 0 Å². The molecule has 1 amide bonds. The van der Waals surface area contributed by atoms with Gasteiger partial charge in [0.25, 0.3) is 0 Å². The fourth-order valence-corrected chi connectivity index (χ4v) is 2.26. The third-order valence-electron chi connectivity index (χ3n) is 2.20. The van der Waals surface area contributed by atoms with Crippen LogP contribution >= 0.6 is 0 Å². The molecule has 1 aromatic carbocycles. The summed E-state index contributed by atoms with van der Waals surface area (Å²) in [7, 11) is -2.32. The Kier molecular flexibility index (Phi) is 4.62. The van der Waals surface area contributed by atoms with Crippen LogP contribution in [0.25, 0.3) is 0 Å². The maximum Gasteiger partial charge on any atom is 0.240 e. The van der Waals surface area contributed by atoms with Gasteiger partial charge >= 0.3 is 0 Å². The number of rotatable bonds is 5. The highest BCUT2D eigenvalue weighted by Gasteiger charge is 2.15. The van der Waals surface area contributed by atoms with Gasteiger partial charge in [0.05, 0.1) is 10.6 Å². The van der Waals surface area contributed by atoms with Gasteiger partial charge in [-0.25, -0.2) is 17.5 Å². The van der Waals surface area contributed by atoms with Crippen LogP contribution in [0.4, 0.5) is 10.1 Å². The number of amides is 1. The zero-order valence-corrected chi connectivity index (χ0v) is 10.6. The van der Waals surface area contributed by atoms with Crippen molar-refractivity contribution in [2.45, 2.75) is 11.3 Å². The second-order valence-corrected chi connectivity index (χ2v) is 5.27. The zero-order chi connectivity index (χ0) is 13.8. The van der Waals surface area contributed by atoms with E-state index in [2.05, 4.69) is 10.0 Å². The lowest BCUT2D eigenvalue weighted by Gasteiger charge is -2.07. The lowest BCUT2D eigenvalue weighted by molar-refractivity contribution is -0.120. The quantitative estimate of drug-likeness (QED) is 0.649. The average Bonchev–Trinajstić information content (AvgIpc) is 2.32. The van der Waals surface area contributed by atoms with Crippen molar-refractivity contribution in [3.8, 4) is 0 Å². The Morgan fingerprint density at radius 1 is 1.44 bits per heavy atom.